The van der Waals surface area contributed by atoms with Gasteiger partial charge >= 0.3 is 0 Å². The van der Waals surface area contributed by atoms with E-state index in [4.69, 9.17) is 4.74 Å². The highest BCUT2D eigenvalue weighted by molar-refractivity contribution is 5.98. The summed E-state index contributed by atoms with van der Waals surface area (Å²) in [5.41, 5.74) is 4.45. The molecule has 1 N–H and O–H groups in total. The van der Waals surface area contributed by atoms with Crippen LogP contribution in [0.2, 0.25) is 0 Å². The summed E-state index contributed by atoms with van der Waals surface area (Å²) in [7, 11) is 5.86. The molecule has 0 radical (unpaired) electrons. The van der Waals surface area contributed by atoms with Gasteiger partial charge in [0, 0.05) is 40.9 Å². The molecule has 1 aromatic carbocycles. The van der Waals surface area contributed by atoms with Crippen LogP contribution in [-0.4, -0.2) is 37.4 Å². The van der Waals surface area contributed by atoms with Crippen LogP contribution < -0.4 is 10.1 Å². The minimum absolute atomic E-state index is 0.0867. The maximum absolute atomic E-state index is 13.1. The van der Waals surface area contributed by atoms with E-state index in [9.17, 15) is 4.79 Å². The van der Waals surface area contributed by atoms with Gasteiger partial charge in [-0.1, -0.05) is 25.7 Å². The fourth-order valence-corrected chi connectivity index (χ4v) is 4.61. The van der Waals surface area contributed by atoms with E-state index in [0.717, 1.165) is 48.4 Å². The molecule has 0 aromatic heterocycles. The maximum atomic E-state index is 13.1. The molecule has 3 rings (SSSR count). The van der Waals surface area contributed by atoms with Crippen LogP contribution in [0, 0.1) is 5.92 Å². The number of allylic oxidation sites excluding steroid dienone is 1. The predicted molar refractivity (Wildman–Crippen MR) is 115 cm³/mol. The summed E-state index contributed by atoms with van der Waals surface area (Å²) in [5, 5.41) is 3.64. The van der Waals surface area contributed by atoms with E-state index in [1.807, 2.05) is 6.08 Å². The molecule has 0 bridgehead atoms. The van der Waals surface area contributed by atoms with Gasteiger partial charge in [0.2, 0.25) is 0 Å². The van der Waals surface area contributed by atoms with Gasteiger partial charge in [-0.3, -0.25) is 4.79 Å². The number of ketones is 1. The Hall–Kier alpha value is -1.81. The third kappa shape index (κ3) is 4.96. The zero-order chi connectivity index (χ0) is 20.3. The second-order valence-corrected chi connectivity index (χ2v) is 9.39. The highest BCUT2D eigenvalue weighted by Gasteiger charge is 2.30. The van der Waals surface area contributed by atoms with Crippen molar-refractivity contribution in [2.24, 2.45) is 5.92 Å². The standard InChI is InChI=1S/C24H36N2O2/c1-24(2)15-18-13-23(28-5)19(16-26(3)4)12-20(18)21(25-24)14-22(27)17-10-8-6-7-9-11-17/h12-14,17,25H,6-11,15-16H2,1-5H3. The molecule has 0 atom stereocenters. The molecular weight excluding hydrogens is 348 g/mol. The van der Waals surface area contributed by atoms with Crippen LogP contribution in [0.3, 0.4) is 0 Å². The van der Waals surface area contributed by atoms with Crippen LogP contribution in [0.4, 0.5) is 0 Å². The van der Waals surface area contributed by atoms with E-state index in [2.05, 4.69) is 50.3 Å². The molecule has 2 aliphatic rings. The van der Waals surface area contributed by atoms with E-state index in [0.29, 0.717) is 0 Å². The number of nitrogens with one attached hydrogen (secondary N) is 1. The second kappa shape index (κ2) is 8.69. The minimum Gasteiger partial charge on any atom is -0.496 e. The Morgan fingerprint density at radius 2 is 1.89 bits per heavy atom. The van der Waals surface area contributed by atoms with Crippen LogP contribution >= 0.6 is 0 Å². The molecule has 0 amide bonds. The first-order valence-electron chi connectivity index (χ1n) is 10.7. The Kier molecular flexibility index (Phi) is 6.49. The molecule has 1 saturated carbocycles. The number of methoxy groups -OCH3 is 1. The summed E-state index contributed by atoms with van der Waals surface area (Å²) in [6.07, 6.45) is 9.76. The number of benzene rings is 1. The van der Waals surface area contributed by atoms with E-state index in [1.165, 1.54) is 31.2 Å². The van der Waals surface area contributed by atoms with Gasteiger partial charge in [-0.25, -0.2) is 0 Å². The summed E-state index contributed by atoms with van der Waals surface area (Å²) >= 11 is 0. The van der Waals surface area contributed by atoms with Crippen molar-refractivity contribution in [1.29, 1.82) is 0 Å². The number of hydrogen-bond donors (Lipinski definition) is 1. The number of carbonyl (C=O) groups is 1. The van der Waals surface area contributed by atoms with Crippen molar-refractivity contribution in [3.63, 3.8) is 0 Å². The summed E-state index contributed by atoms with van der Waals surface area (Å²) in [5.74, 6) is 1.41. The molecule has 28 heavy (non-hydrogen) atoms. The zero-order valence-corrected chi connectivity index (χ0v) is 18.2. The lowest BCUT2D eigenvalue weighted by molar-refractivity contribution is -0.118. The average molecular weight is 385 g/mol. The topological polar surface area (TPSA) is 41.6 Å². The lowest BCUT2D eigenvalue weighted by atomic mass is 9.83. The molecule has 0 saturated heterocycles. The molecule has 1 aliphatic heterocycles. The van der Waals surface area contributed by atoms with Crippen molar-refractivity contribution < 1.29 is 9.53 Å². The summed E-state index contributed by atoms with van der Waals surface area (Å²) < 4.78 is 5.67. The van der Waals surface area contributed by atoms with Crippen molar-refractivity contribution in [2.75, 3.05) is 21.2 Å². The second-order valence-electron chi connectivity index (χ2n) is 9.39. The van der Waals surface area contributed by atoms with Crippen molar-refractivity contribution >= 4 is 11.5 Å². The van der Waals surface area contributed by atoms with Gasteiger partial charge in [-0.05, 0) is 64.9 Å². The van der Waals surface area contributed by atoms with Gasteiger partial charge in [0.15, 0.2) is 5.78 Å². The van der Waals surface area contributed by atoms with Gasteiger partial charge in [-0.2, -0.15) is 0 Å². The normalized spacial score (nSPS) is 21.1. The quantitative estimate of drug-likeness (QED) is 0.597. The van der Waals surface area contributed by atoms with Crippen LogP contribution in [0.5, 0.6) is 5.75 Å². The van der Waals surface area contributed by atoms with Crippen molar-refractivity contribution in [3.8, 4) is 5.75 Å². The highest BCUT2D eigenvalue weighted by atomic mass is 16.5. The monoisotopic (exact) mass is 384 g/mol. The molecule has 1 heterocycles. The molecule has 1 aliphatic carbocycles. The molecule has 154 valence electrons. The maximum Gasteiger partial charge on any atom is 0.160 e. The predicted octanol–water partition coefficient (Wildman–Crippen LogP) is 4.56. The lowest BCUT2D eigenvalue weighted by Crippen LogP contribution is -2.44. The number of ether oxygens (including phenoxy) is 1. The largest absolute Gasteiger partial charge is 0.496 e. The molecule has 1 fully saturated rings. The first kappa shape index (κ1) is 20.9. The number of hydrogen-bond acceptors (Lipinski definition) is 4. The number of nitrogens with zero attached hydrogens (tertiary/aromatic N) is 1. The van der Waals surface area contributed by atoms with Crippen LogP contribution in [0.15, 0.2) is 18.2 Å². The van der Waals surface area contributed by atoms with Gasteiger partial charge < -0.3 is 15.0 Å². The van der Waals surface area contributed by atoms with Gasteiger partial charge in [0.05, 0.1) is 7.11 Å². The Morgan fingerprint density at radius 1 is 1.21 bits per heavy atom. The molecule has 4 heteroatoms. The molecular formula is C24H36N2O2. The first-order valence-corrected chi connectivity index (χ1v) is 10.7. The van der Waals surface area contributed by atoms with Gasteiger partial charge in [-0.15, -0.1) is 0 Å². The van der Waals surface area contributed by atoms with Crippen molar-refractivity contribution in [1.82, 2.24) is 10.2 Å². The number of fused-ring (bicyclic) bond motifs is 1. The highest BCUT2D eigenvalue weighted by Crippen LogP contribution is 2.35. The lowest BCUT2D eigenvalue weighted by Gasteiger charge is -2.36. The van der Waals surface area contributed by atoms with Gasteiger partial charge in [0.1, 0.15) is 5.75 Å². The molecule has 4 nitrogen and oxygen atoms in total. The average Bonchev–Trinajstić information content (AvgIpc) is 2.90. The summed E-state index contributed by atoms with van der Waals surface area (Å²) in [6, 6.07) is 4.38. The van der Waals surface area contributed by atoms with Crippen molar-refractivity contribution in [3.05, 3.63) is 34.9 Å². The Morgan fingerprint density at radius 3 is 2.50 bits per heavy atom. The van der Waals surface area contributed by atoms with E-state index >= 15 is 0 Å². The molecule has 1 aromatic rings. The van der Waals surface area contributed by atoms with E-state index in [-0.39, 0.29) is 17.2 Å². The molecule has 0 spiro atoms. The van der Waals surface area contributed by atoms with Crippen LogP contribution in [0.1, 0.15) is 69.1 Å². The van der Waals surface area contributed by atoms with Gasteiger partial charge in [0.25, 0.3) is 0 Å². The molecule has 0 unspecified atom stereocenters. The zero-order valence-electron chi connectivity index (χ0n) is 18.2. The van der Waals surface area contributed by atoms with E-state index in [1.54, 1.807) is 7.11 Å². The van der Waals surface area contributed by atoms with E-state index < -0.39 is 0 Å². The summed E-state index contributed by atoms with van der Waals surface area (Å²) in [4.78, 5) is 15.2. The Balaban J connectivity index is 1.99. The third-order valence-electron chi connectivity index (χ3n) is 5.93. The minimum atomic E-state index is -0.0867. The SMILES string of the molecule is COc1cc2c(cc1CN(C)C)C(=CC(=O)C1CCCCCC1)NC(C)(C)C2. The number of rotatable bonds is 5. The Bertz CT molecular complexity index is 741. The fourth-order valence-electron chi connectivity index (χ4n) is 4.61. The van der Waals surface area contributed by atoms with Crippen LogP contribution in [-0.2, 0) is 17.8 Å². The van der Waals surface area contributed by atoms with Crippen molar-refractivity contribution in [2.45, 2.75) is 70.9 Å². The smallest absolute Gasteiger partial charge is 0.160 e. The summed E-state index contributed by atoms with van der Waals surface area (Å²) in [6.45, 7) is 5.20. The first-order chi connectivity index (χ1) is 13.3. The third-order valence-corrected chi connectivity index (χ3v) is 5.93. The van der Waals surface area contributed by atoms with Crippen LogP contribution in [0.25, 0.3) is 5.70 Å². The Labute approximate surface area is 170 Å². The number of carbonyl (C=O) groups excluding carboxylic acids is 1. The fraction of sp³-hybridized carbons (Fsp3) is 0.625.